The molecule has 1 amide bonds. The minimum atomic E-state index is -0.376. The van der Waals surface area contributed by atoms with Gasteiger partial charge in [0.25, 0.3) is 0 Å². The third-order valence-corrected chi connectivity index (χ3v) is 7.80. The maximum absolute atomic E-state index is 14.6. The van der Waals surface area contributed by atoms with Crippen molar-refractivity contribution in [3.63, 3.8) is 0 Å². The van der Waals surface area contributed by atoms with Gasteiger partial charge < -0.3 is 14.5 Å². The molecular formula is C28H38ClFN4O2. The molecule has 8 heteroatoms. The summed E-state index contributed by atoms with van der Waals surface area (Å²) >= 11 is 5.89. The minimum absolute atomic E-state index is 0.0606. The van der Waals surface area contributed by atoms with Crippen LogP contribution in [0.25, 0.3) is 0 Å². The Balaban J connectivity index is 1.15. The number of anilines is 1. The van der Waals surface area contributed by atoms with Gasteiger partial charge in [-0.2, -0.15) is 0 Å². The summed E-state index contributed by atoms with van der Waals surface area (Å²) in [7, 11) is 1.78. The first-order valence-electron chi connectivity index (χ1n) is 13.2. The average Bonchev–Trinajstić information content (AvgIpc) is 3.64. The zero-order valence-electron chi connectivity index (χ0n) is 21.6. The Morgan fingerprint density at radius 1 is 1.25 bits per heavy atom. The Morgan fingerprint density at radius 2 is 1.97 bits per heavy atom. The van der Waals surface area contributed by atoms with Crippen molar-refractivity contribution in [3.05, 3.63) is 47.0 Å². The molecule has 1 saturated heterocycles. The van der Waals surface area contributed by atoms with Gasteiger partial charge >= 0.3 is 0 Å². The number of halogens is 2. The standard InChI is InChI=1S/C28H38ClFN4O2/c1-19(2)6-10-33(3)27(35)15-22-4-5-24(16-26(22)30)36-13-9-21-14-25(21)20-7-11-34(12-8-20)28-31-17-23(29)18-32-28/h4-5,16-21,25H,6-15H2,1-3H3/t21-,25-/m1/s1. The molecule has 1 aliphatic carbocycles. The van der Waals surface area contributed by atoms with Crippen LogP contribution in [0.15, 0.2) is 30.6 Å². The Labute approximate surface area is 219 Å². The number of aromatic nitrogens is 2. The molecule has 1 aromatic heterocycles. The van der Waals surface area contributed by atoms with Crippen LogP contribution in [0, 0.1) is 29.5 Å². The van der Waals surface area contributed by atoms with E-state index in [2.05, 4.69) is 28.7 Å². The van der Waals surface area contributed by atoms with Crippen molar-refractivity contribution < 1.29 is 13.9 Å². The minimum Gasteiger partial charge on any atom is -0.493 e. The van der Waals surface area contributed by atoms with Gasteiger partial charge in [0.1, 0.15) is 11.6 Å². The lowest BCUT2D eigenvalue weighted by molar-refractivity contribution is -0.129. The fourth-order valence-electron chi connectivity index (χ4n) is 5.14. The topological polar surface area (TPSA) is 58.6 Å². The van der Waals surface area contributed by atoms with Crippen LogP contribution in [0.1, 0.15) is 51.5 Å². The first-order valence-corrected chi connectivity index (χ1v) is 13.6. The predicted molar refractivity (Wildman–Crippen MR) is 141 cm³/mol. The second kappa shape index (κ2) is 12.2. The van der Waals surface area contributed by atoms with Crippen molar-refractivity contribution in [1.29, 1.82) is 0 Å². The third-order valence-electron chi connectivity index (χ3n) is 7.60. The van der Waals surface area contributed by atoms with Crippen LogP contribution in [0.2, 0.25) is 5.02 Å². The van der Waals surface area contributed by atoms with Gasteiger partial charge in [-0.05, 0) is 67.4 Å². The van der Waals surface area contributed by atoms with Gasteiger partial charge in [-0.1, -0.05) is 31.5 Å². The molecule has 2 atom stereocenters. The molecule has 1 saturated carbocycles. The van der Waals surface area contributed by atoms with E-state index in [1.54, 1.807) is 36.5 Å². The van der Waals surface area contributed by atoms with Crippen molar-refractivity contribution in [1.82, 2.24) is 14.9 Å². The molecule has 1 aromatic carbocycles. The lowest BCUT2D eigenvalue weighted by Crippen LogP contribution is -2.35. The summed E-state index contributed by atoms with van der Waals surface area (Å²) in [4.78, 5) is 25.0. The largest absolute Gasteiger partial charge is 0.493 e. The van der Waals surface area contributed by atoms with Gasteiger partial charge in [-0.3, -0.25) is 4.79 Å². The smallest absolute Gasteiger partial charge is 0.226 e. The lowest BCUT2D eigenvalue weighted by Gasteiger charge is -2.32. The summed E-state index contributed by atoms with van der Waals surface area (Å²) < 4.78 is 20.5. The van der Waals surface area contributed by atoms with Gasteiger partial charge in [0.05, 0.1) is 30.4 Å². The zero-order valence-corrected chi connectivity index (χ0v) is 22.4. The summed E-state index contributed by atoms with van der Waals surface area (Å²) in [5.41, 5.74) is 0.418. The number of carbonyl (C=O) groups excluding carboxylic acids is 1. The number of carbonyl (C=O) groups is 1. The van der Waals surface area contributed by atoms with Crippen LogP contribution >= 0.6 is 11.6 Å². The van der Waals surface area contributed by atoms with Gasteiger partial charge in [0.15, 0.2) is 0 Å². The predicted octanol–water partition coefficient (Wildman–Crippen LogP) is 5.64. The molecular weight excluding hydrogens is 479 g/mol. The first-order chi connectivity index (χ1) is 17.3. The van der Waals surface area contributed by atoms with E-state index < -0.39 is 0 Å². The summed E-state index contributed by atoms with van der Waals surface area (Å²) in [5, 5.41) is 0.561. The Kier molecular flexibility index (Phi) is 9.04. The number of nitrogens with zero attached hydrogens (tertiary/aromatic N) is 4. The van der Waals surface area contributed by atoms with Crippen molar-refractivity contribution in [2.45, 2.75) is 52.4 Å². The highest BCUT2D eigenvalue weighted by Gasteiger charge is 2.43. The third kappa shape index (κ3) is 7.31. The molecule has 2 fully saturated rings. The SMILES string of the molecule is CC(C)CCN(C)C(=O)Cc1ccc(OCC[C@@H]2C[C@@H]2C2CCN(c3ncc(Cl)cn3)CC2)cc1F. The number of piperidine rings is 1. The summed E-state index contributed by atoms with van der Waals surface area (Å²) in [6, 6.07) is 4.87. The molecule has 0 spiro atoms. The average molecular weight is 517 g/mol. The molecule has 0 unspecified atom stereocenters. The highest BCUT2D eigenvalue weighted by molar-refractivity contribution is 6.30. The molecule has 1 aliphatic heterocycles. The molecule has 6 nitrogen and oxygen atoms in total. The molecule has 2 aromatic rings. The highest BCUT2D eigenvalue weighted by Crippen LogP contribution is 2.49. The van der Waals surface area contributed by atoms with Crippen LogP contribution < -0.4 is 9.64 Å². The first kappa shape index (κ1) is 26.6. The van der Waals surface area contributed by atoms with Crippen LogP contribution in [-0.4, -0.2) is 54.1 Å². The monoisotopic (exact) mass is 516 g/mol. The van der Waals surface area contributed by atoms with Crippen LogP contribution in [0.4, 0.5) is 10.3 Å². The van der Waals surface area contributed by atoms with Gasteiger partial charge in [-0.25, -0.2) is 14.4 Å². The Morgan fingerprint density at radius 3 is 2.64 bits per heavy atom. The normalized spacial score (nSPS) is 20.0. The number of amides is 1. The molecule has 0 N–H and O–H groups in total. The van der Waals surface area contributed by atoms with E-state index in [1.165, 1.54) is 12.5 Å². The molecule has 0 radical (unpaired) electrons. The number of likely N-dealkylation sites (N-methyl/N-ethyl adjacent to an activating group) is 1. The number of hydrogen-bond acceptors (Lipinski definition) is 5. The highest BCUT2D eigenvalue weighted by atomic mass is 35.5. The van der Waals surface area contributed by atoms with Crippen LogP contribution in [0.5, 0.6) is 5.75 Å². The second-order valence-corrected chi connectivity index (χ2v) is 11.2. The maximum atomic E-state index is 14.6. The van der Waals surface area contributed by atoms with Crippen LogP contribution in [-0.2, 0) is 11.2 Å². The zero-order chi connectivity index (χ0) is 25.7. The Hall–Kier alpha value is -2.41. The van der Waals surface area contributed by atoms with E-state index in [0.717, 1.165) is 56.6 Å². The van der Waals surface area contributed by atoms with E-state index >= 15 is 0 Å². The van der Waals surface area contributed by atoms with E-state index in [-0.39, 0.29) is 18.1 Å². The van der Waals surface area contributed by atoms with Gasteiger partial charge in [0, 0.05) is 32.7 Å². The van der Waals surface area contributed by atoms with E-state index in [9.17, 15) is 9.18 Å². The number of rotatable bonds is 11. The number of ether oxygens (including phenoxy) is 1. The Bertz CT molecular complexity index is 1010. The van der Waals surface area contributed by atoms with Crippen molar-refractivity contribution in [2.75, 3.05) is 38.2 Å². The fourth-order valence-corrected chi connectivity index (χ4v) is 5.24. The summed E-state index contributed by atoms with van der Waals surface area (Å²) in [6.07, 6.45) is 8.89. The maximum Gasteiger partial charge on any atom is 0.226 e. The molecule has 0 bridgehead atoms. The number of hydrogen-bond donors (Lipinski definition) is 0. The molecule has 36 heavy (non-hydrogen) atoms. The summed E-state index contributed by atoms with van der Waals surface area (Å²) in [6.45, 7) is 7.50. The second-order valence-electron chi connectivity index (χ2n) is 10.8. The molecule has 196 valence electrons. The van der Waals surface area contributed by atoms with Gasteiger partial charge in [-0.15, -0.1) is 0 Å². The molecule has 2 aliphatic rings. The van der Waals surface area contributed by atoms with E-state index in [0.29, 0.717) is 41.3 Å². The van der Waals surface area contributed by atoms with Crippen molar-refractivity contribution in [3.8, 4) is 5.75 Å². The van der Waals surface area contributed by atoms with Crippen LogP contribution in [0.3, 0.4) is 0 Å². The van der Waals surface area contributed by atoms with E-state index in [4.69, 9.17) is 16.3 Å². The molecule has 4 rings (SSSR count). The number of benzene rings is 1. The molecule has 2 heterocycles. The fraction of sp³-hybridized carbons (Fsp3) is 0.607. The van der Waals surface area contributed by atoms with E-state index in [1.807, 2.05) is 0 Å². The van der Waals surface area contributed by atoms with Crippen molar-refractivity contribution >= 4 is 23.5 Å². The van der Waals surface area contributed by atoms with Gasteiger partial charge in [0.2, 0.25) is 11.9 Å². The quantitative estimate of drug-likeness (QED) is 0.387. The lowest BCUT2D eigenvalue weighted by atomic mass is 9.90. The summed E-state index contributed by atoms with van der Waals surface area (Å²) in [5.74, 6) is 3.59. The van der Waals surface area contributed by atoms with Crippen molar-refractivity contribution in [2.24, 2.45) is 23.7 Å².